The molecule has 0 aliphatic heterocycles. The van der Waals surface area contributed by atoms with E-state index >= 15 is 0 Å². The van der Waals surface area contributed by atoms with E-state index in [0.717, 1.165) is 6.54 Å². The molecule has 1 unspecified atom stereocenters. The van der Waals surface area contributed by atoms with Crippen LogP contribution in [-0.4, -0.2) is 32.6 Å². The fourth-order valence-electron chi connectivity index (χ4n) is 1.77. The van der Waals surface area contributed by atoms with Crippen LogP contribution in [0.2, 0.25) is 0 Å². The lowest BCUT2D eigenvalue weighted by atomic mass is 9.97. The smallest absolute Gasteiger partial charge is 0.158 e. The molecule has 0 fully saturated rings. The first-order valence-corrected chi connectivity index (χ1v) is 6.18. The molecule has 0 aromatic heterocycles. The number of nitrogens with one attached hydrogen (secondary N) is 1. The van der Waals surface area contributed by atoms with Gasteiger partial charge in [-0.05, 0) is 12.5 Å². The van der Waals surface area contributed by atoms with Crippen molar-refractivity contribution in [2.24, 2.45) is 5.73 Å². The summed E-state index contributed by atoms with van der Waals surface area (Å²) in [5.41, 5.74) is 6.89. The summed E-state index contributed by atoms with van der Waals surface area (Å²) in [6.45, 7) is 3.40. The van der Waals surface area contributed by atoms with Gasteiger partial charge in [-0.15, -0.1) is 0 Å². The van der Waals surface area contributed by atoms with Crippen molar-refractivity contribution in [1.29, 1.82) is 0 Å². The van der Waals surface area contributed by atoms with Gasteiger partial charge < -0.3 is 20.5 Å². The van der Waals surface area contributed by atoms with Crippen LogP contribution in [0.1, 0.15) is 18.9 Å². The summed E-state index contributed by atoms with van der Waals surface area (Å²) in [6, 6.07) is 10.3. The van der Waals surface area contributed by atoms with Crippen LogP contribution in [0.4, 0.5) is 0 Å². The maximum absolute atomic E-state index is 5.86. The molecule has 0 amide bonds. The van der Waals surface area contributed by atoms with Gasteiger partial charge in [0.25, 0.3) is 0 Å². The minimum atomic E-state index is -0.234. The predicted molar refractivity (Wildman–Crippen MR) is 73.2 cm³/mol. The quantitative estimate of drug-likeness (QED) is 0.688. The standard InChI is InChI=1S/C14H24N2O2/c1-14(11-15,9-13(17-2)18-3)16-10-12-7-5-4-6-8-12/h4-8,13,16H,9-11,15H2,1-3H3. The first-order chi connectivity index (χ1) is 8.63. The highest BCUT2D eigenvalue weighted by atomic mass is 16.7. The van der Waals surface area contributed by atoms with Gasteiger partial charge >= 0.3 is 0 Å². The second-order valence-electron chi connectivity index (χ2n) is 4.71. The molecule has 1 aromatic carbocycles. The molecule has 1 aromatic rings. The average Bonchev–Trinajstić information content (AvgIpc) is 2.44. The number of rotatable bonds is 8. The first kappa shape index (κ1) is 15.1. The third kappa shape index (κ3) is 4.74. The lowest BCUT2D eigenvalue weighted by Gasteiger charge is -2.32. The highest BCUT2D eigenvalue weighted by molar-refractivity contribution is 5.14. The van der Waals surface area contributed by atoms with E-state index in [1.54, 1.807) is 14.2 Å². The number of hydrogen-bond donors (Lipinski definition) is 2. The molecule has 0 aliphatic carbocycles. The summed E-state index contributed by atoms with van der Waals surface area (Å²) in [6.07, 6.45) is 0.477. The van der Waals surface area contributed by atoms with E-state index in [9.17, 15) is 0 Å². The topological polar surface area (TPSA) is 56.5 Å². The SMILES string of the molecule is COC(CC(C)(CN)NCc1ccccc1)OC. The van der Waals surface area contributed by atoms with Gasteiger partial charge in [0.2, 0.25) is 0 Å². The molecule has 0 saturated heterocycles. The van der Waals surface area contributed by atoms with E-state index in [1.165, 1.54) is 5.56 Å². The molecule has 3 N–H and O–H groups in total. The van der Waals surface area contributed by atoms with Crippen LogP contribution in [0.5, 0.6) is 0 Å². The minimum absolute atomic E-state index is 0.202. The van der Waals surface area contributed by atoms with Crippen LogP contribution in [0.25, 0.3) is 0 Å². The lowest BCUT2D eigenvalue weighted by molar-refractivity contribution is -0.117. The molecular formula is C14H24N2O2. The highest BCUT2D eigenvalue weighted by Gasteiger charge is 2.26. The number of hydrogen-bond acceptors (Lipinski definition) is 4. The zero-order chi connectivity index (χ0) is 13.4. The first-order valence-electron chi connectivity index (χ1n) is 6.18. The van der Waals surface area contributed by atoms with Crippen LogP contribution >= 0.6 is 0 Å². The average molecular weight is 252 g/mol. The Bertz CT molecular complexity index is 328. The van der Waals surface area contributed by atoms with Crippen LogP contribution < -0.4 is 11.1 Å². The predicted octanol–water partition coefficient (Wildman–Crippen LogP) is 1.50. The number of benzene rings is 1. The summed E-state index contributed by atoms with van der Waals surface area (Å²) in [5, 5.41) is 3.48. The van der Waals surface area contributed by atoms with Crippen molar-refractivity contribution in [1.82, 2.24) is 5.32 Å². The Morgan fingerprint density at radius 3 is 2.33 bits per heavy atom. The summed E-state index contributed by atoms with van der Waals surface area (Å²) in [7, 11) is 3.28. The van der Waals surface area contributed by atoms with E-state index in [4.69, 9.17) is 15.2 Å². The molecule has 4 nitrogen and oxygen atoms in total. The van der Waals surface area contributed by atoms with E-state index in [2.05, 4.69) is 24.4 Å². The summed E-state index contributed by atoms with van der Waals surface area (Å²) < 4.78 is 10.5. The normalized spacial score (nSPS) is 14.7. The Hall–Kier alpha value is -0.940. The van der Waals surface area contributed by atoms with Gasteiger partial charge in [0.1, 0.15) is 0 Å². The Morgan fingerprint density at radius 1 is 1.22 bits per heavy atom. The summed E-state index contributed by atoms with van der Waals surface area (Å²) in [4.78, 5) is 0. The van der Waals surface area contributed by atoms with Gasteiger partial charge in [-0.1, -0.05) is 30.3 Å². The van der Waals surface area contributed by atoms with Crippen molar-refractivity contribution in [2.75, 3.05) is 20.8 Å². The fourth-order valence-corrected chi connectivity index (χ4v) is 1.77. The zero-order valence-corrected chi connectivity index (χ0v) is 11.5. The van der Waals surface area contributed by atoms with Gasteiger partial charge in [0.15, 0.2) is 6.29 Å². The van der Waals surface area contributed by atoms with Gasteiger partial charge in [-0.3, -0.25) is 0 Å². The molecular weight excluding hydrogens is 228 g/mol. The van der Waals surface area contributed by atoms with Gasteiger partial charge in [-0.2, -0.15) is 0 Å². The van der Waals surface area contributed by atoms with Crippen LogP contribution in [-0.2, 0) is 16.0 Å². The minimum Gasteiger partial charge on any atom is -0.356 e. The summed E-state index contributed by atoms with van der Waals surface area (Å²) >= 11 is 0. The highest BCUT2D eigenvalue weighted by Crippen LogP contribution is 2.14. The second-order valence-corrected chi connectivity index (χ2v) is 4.71. The molecule has 18 heavy (non-hydrogen) atoms. The monoisotopic (exact) mass is 252 g/mol. The van der Waals surface area contributed by atoms with Crippen LogP contribution in [0.15, 0.2) is 30.3 Å². The van der Waals surface area contributed by atoms with Gasteiger partial charge in [0.05, 0.1) is 0 Å². The molecule has 1 atom stereocenters. The number of methoxy groups -OCH3 is 2. The maximum Gasteiger partial charge on any atom is 0.158 e. The Balaban J connectivity index is 2.54. The van der Waals surface area contributed by atoms with Crippen molar-refractivity contribution in [2.45, 2.75) is 31.7 Å². The van der Waals surface area contributed by atoms with Crippen molar-refractivity contribution >= 4 is 0 Å². The van der Waals surface area contributed by atoms with E-state index in [0.29, 0.717) is 13.0 Å². The molecule has 102 valence electrons. The number of nitrogens with two attached hydrogens (primary N) is 1. The van der Waals surface area contributed by atoms with Crippen molar-refractivity contribution < 1.29 is 9.47 Å². The van der Waals surface area contributed by atoms with E-state index in [1.807, 2.05) is 18.2 Å². The van der Waals surface area contributed by atoms with Gasteiger partial charge in [0, 0.05) is 39.3 Å². The van der Waals surface area contributed by atoms with Crippen molar-refractivity contribution in [3.8, 4) is 0 Å². The molecule has 0 saturated carbocycles. The Kier molecular flexibility index (Phi) is 6.29. The molecule has 0 radical (unpaired) electrons. The van der Waals surface area contributed by atoms with E-state index in [-0.39, 0.29) is 11.8 Å². The van der Waals surface area contributed by atoms with Crippen molar-refractivity contribution in [3.63, 3.8) is 0 Å². The molecule has 0 heterocycles. The summed E-state index contributed by atoms with van der Waals surface area (Å²) in [5.74, 6) is 0. The van der Waals surface area contributed by atoms with Gasteiger partial charge in [-0.25, -0.2) is 0 Å². The van der Waals surface area contributed by atoms with E-state index < -0.39 is 0 Å². The third-order valence-electron chi connectivity index (χ3n) is 3.16. The molecule has 0 aliphatic rings. The van der Waals surface area contributed by atoms with Crippen LogP contribution in [0.3, 0.4) is 0 Å². The third-order valence-corrected chi connectivity index (χ3v) is 3.16. The molecule has 0 bridgehead atoms. The Labute approximate surface area is 109 Å². The van der Waals surface area contributed by atoms with Crippen molar-refractivity contribution in [3.05, 3.63) is 35.9 Å². The zero-order valence-electron chi connectivity index (χ0n) is 11.5. The Morgan fingerprint density at radius 2 is 1.83 bits per heavy atom. The second kappa shape index (κ2) is 7.48. The fraction of sp³-hybridized carbons (Fsp3) is 0.571. The van der Waals surface area contributed by atoms with Crippen LogP contribution in [0, 0.1) is 0 Å². The molecule has 1 rings (SSSR count). The lowest BCUT2D eigenvalue weighted by Crippen LogP contribution is -2.50. The molecule has 0 spiro atoms. The molecule has 4 heteroatoms. The maximum atomic E-state index is 5.86. The largest absolute Gasteiger partial charge is 0.356 e. The number of ether oxygens (including phenoxy) is 2.